The molecule has 0 amide bonds. The first-order valence-corrected chi connectivity index (χ1v) is 3.95. The molecule has 0 heterocycles. The van der Waals surface area contributed by atoms with Gasteiger partial charge in [0.15, 0.2) is 0 Å². The van der Waals surface area contributed by atoms with Gasteiger partial charge >= 0.3 is 0 Å². The first-order valence-electron chi connectivity index (χ1n) is 3.95. The fraction of sp³-hybridized carbons (Fsp3) is 0.556. The lowest BCUT2D eigenvalue weighted by molar-refractivity contribution is 0.0118. The topological polar surface area (TPSA) is 35.2 Å². The Morgan fingerprint density at radius 1 is 1.55 bits per heavy atom. The molecule has 2 nitrogen and oxygen atoms in total. The summed E-state index contributed by atoms with van der Waals surface area (Å²) in [5.74, 6) is 0. The fourth-order valence-electron chi connectivity index (χ4n) is 1.11. The lowest BCUT2D eigenvalue weighted by atomic mass is 9.98. The van der Waals surface area contributed by atoms with E-state index in [1.165, 1.54) is 0 Å². The van der Waals surface area contributed by atoms with E-state index in [0.717, 1.165) is 6.42 Å². The largest absolute Gasteiger partial charge is 0.370 e. The molecule has 0 aliphatic heterocycles. The van der Waals surface area contributed by atoms with Gasteiger partial charge in [-0.05, 0) is 13.3 Å². The Hall–Kier alpha value is -0.600. The molecule has 1 rings (SSSR count). The van der Waals surface area contributed by atoms with Crippen LogP contribution in [-0.4, -0.2) is 18.8 Å². The summed E-state index contributed by atoms with van der Waals surface area (Å²) in [7, 11) is 0. The van der Waals surface area contributed by atoms with Crippen molar-refractivity contribution in [3.05, 3.63) is 24.3 Å². The number of hydrogen-bond donors (Lipinski definition) is 1. The number of rotatable bonds is 3. The van der Waals surface area contributed by atoms with Gasteiger partial charge in [-0.3, -0.25) is 0 Å². The van der Waals surface area contributed by atoms with E-state index in [1.807, 2.05) is 12.2 Å². The third kappa shape index (κ3) is 2.48. The van der Waals surface area contributed by atoms with E-state index in [1.54, 1.807) is 0 Å². The molecule has 0 aromatic heterocycles. The van der Waals surface area contributed by atoms with Crippen LogP contribution in [0.15, 0.2) is 24.3 Å². The fourth-order valence-corrected chi connectivity index (χ4v) is 1.11. The summed E-state index contributed by atoms with van der Waals surface area (Å²) in [6, 6.07) is 0. The molecule has 1 atom stereocenters. The number of hydrogen-bond acceptors (Lipinski definition) is 2. The Kier molecular flexibility index (Phi) is 2.85. The van der Waals surface area contributed by atoms with Gasteiger partial charge in [0.2, 0.25) is 0 Å². The van der Waals surface area contributed by atoms with E-state index >= 15 is 0 Å². The van der Waals surface area contributed by atoms with Gasteiger partial charge in [-0.25, -0.2) is 0 Å². The molecule has 2 N–H and O–H groups in total. The summed E-state index contributed by atoms with van der Waals surface area (Å²) in [4.78, 5) is 0. The maximum Gasteiger partial charge on any atom is 0.0872 e. The zero-order valence-electron chi connectivity index (χ0n) is 6.92. The average Bonchev–Trinajstić information content (AvgIpc) is 2.03. The molecule has 0 aromatic rings. The van der Waals surface area contributed by atoms with Crippen molar-refractivity contribution >= 4 is 0 Å². The van der Waals surface area contributed by atoms with E-state index in [9.17, 15) is 0 Å². The molecule has 11 heavy (non-hydrogen) atoms. The van der Waals surface area contributed by atoms with Crippen LogP contribution in [0.25, 0.3) is 0 Å². The van der Waals surface area contributed by atoms with Gasteiger partial charge in [0.1, 0.15) is 0 Å². The van der Waals surface area contributed by atoms with Crippen LogP contribution in [-0.2, 0) is 4.74 Å². The standard InChI is InChI=1S/C9H15NO/c1-9(11-8-7-10)5-3-2-4-6-9/h2-5H,6-8,10H2,1H3. The van der Waals surface area contributed by atoms with E-state index < -0.39 is 0 Å². The minimum Gasteiger partial charge on any atom is -0.370 e. The maximum atomic E-state index is 5.56. The van der Waals surface area contributed by atoms with Crippen molar-refractivity contribution in [2.24, 2.45) is 5.73 Å². The summed E-state index contributed by atoms with van der Waals surface area (Å²) in [5, 5.41) is 0. The zero-order valence-corrected chi connectivity index (χ0v) is 6.92. The SMILES string of the molecule is CC1(OCCN)C=CC=CC1. The number of allylic oxidation sites excluding steroid dienone is 2. The van der Waals surface area contributed by atoms with Gasteiger partial charge in [0.25, 0.3) is 0 Å². The van der Waals surface area contributed by atoms with Crippen LogP contribution >= 0.6 is 0 Å². The van der Waals surface area contributed by atoms with Crippen molar-refractivity contribution in [1.82, 2.24) is 0 Å². The van der Waals surface area contributed by atoms with Gasteiger partial charge < -0.3 is 10.5 Å². The third-order valence-electron chi connectivity index (χ3n) is 1.77. The second kappa shape index (κ2) is 3.69. The third-order valence-corrected chi connectivity index (χ3v) is 1.77. The van der Waals surface area contributed by atoms with Crippen molar-refractivity contribution in [2.45, 2.75) is 18.9 Å². The second-order valence-corrected chi connectivity index (χ2v) is 2.94. The van der Waals surface area contributed by atoms with E-state index in [4.69, 9.17) is 10.5 Å². The molecule has 0 spiro atoms. The molecule has 0 radical (unpaired) electrons. The molecule has 2 heteroatoms. The van der Waals surface area contributed by atoms with Crippen molar-refractivity contribution < 1.29 is 4.74 Å². The van der Waals surface area contributed by atoms with Crippen LogP contribution in [0, 0.1) is 0 Å². The molecule has 0 aromatic carbocycles. The van der Waals surface area contributed by atoms with Crippen LogP contribution in [0.5, 0.6) is 0 Å². The van der Waals surface area contributed by atoms with Gasteiger partial charge in [0, 0.05) is 6.54 Å². The summed E-state index contributed by atoms with van der Waals surface area (Å²) >= 11 is 0. The van der Waals surface area contributed by atoms with Gasteiger partial charge in [-0.2, -0.15) is 0 Å². The highest BCUT2D eigenvalue weighted by Crippen LogP contribution is 2.20. The van der Waals surface area contributed by atoms with Gasteiger partial charge in [-0.15, -0.1) is 0 Å². The van der Waals surface area contributed by atoms with Crippen molar-refractivity contribution in [3.8, 4) is 0 Å². The summed E-state index contributed by atoms with van der Waals surface area (Å²) in [6.45, 7) is 3.30. The maximum absolute atomic E-state index is 5.56. The molecule has 62 valence electrons. The van der Waals surface area contributed by atoms with E-state index in [0.29, 0.717) is 13.2 Å². The molecular formula is C9H15NO. The predicted octanol–water partition coefficient (Wildman–Crippen LogP) is 1.24. The highest BCUT2D eigenvalue weighted by atomic mass is 16.5. The molecule has 1 unspecified atom stereocenters. The van der Waals surface area contributed by atoms with Crippen LogP contribution < -0.4 is 5.73 Å². The predicted molar refractivity (Wildman–Crippen MR) is 46.3 cm³/mol. The Morgan fingerprint density at radius 3 is 2.91 bits per heavy atom. The Balaban J connectivity index is 2.40. The normalized spacial score (nSPS) is 29.3. The minimum atomic E-state index is -0.117. The summed E-state index contributed by atoms with van der Waals surface area (Å²) < 4.78 is 5.56. The minimum absolute atomic E-state index is 0.117. The molecule has 0 saturated heterocycles. The second-order valence-electron chi connectivity index (χ2n) is 2.94. The Morgan fingerprint density at radius 2 is 2.36 bits per heavy atom. The smallest absolute Gasteiger partial charge is 0.0872 e. The first kappa shape index (κ1) is 8.50. The molecule has 0 fully saturated rings. The highest BCUT2D eigenvalue weighted by molar-refractivity contribution is 5.17. The monoisotopic (exact) mass is 153 g/mol. The van der Waals surface area contributed by atoms with Gasteiger partial charge in [-0.1, -0.05) is 24.3 Å². The highest BCUT2D eigenvalue weighted by Gasteiger charge is 2.20. The molecule has 1 aliphatic rings. The quantitative estimate of drug-likeness (QED) is 0.662. The first-order chi connectivity index (χ1) is 5.27. The van der Waals surface area contributed by atoms with E-state index in [-0.39, 0.29) is 5.60 Å². The van der Waals surface area contributed by atoms with Crippen molar-refractivity contribution in [2.75, 3.05) is 13.2 Å². The Bertz CT molecular complexity index is 174. The molecular weight excluding hydrogens is 138 g/mol. The van der Waals surface area contributed by atoms with Crippen LogP contribution in [0.1, 0.15) is 13.3 Å². The molecule has 0 bridgehead atoms. The number of ether oxygens (including phenoxy) is 1. The van der Waals surface area contributed by atoms with E-state index in [2.05, 4.69) is 19.1 Å². The van der Waals surface area contributed by atoms with Gasteiger partial charge in [0.05, 0.1) is 12.2 Å². The van der Waals surface area contributed by atoms with Crippen LogP contribution in [0.3, 0.4) is 0 Å². The lowest BCUT2D eigenvalue weighted by Gasteiger charge is -2.26. The van der Waals surface area contributed by atoms with Crippen molar-refractivity contribution in [1.29, 1.82) is 0 Å². The van der Waals surface area contributed by atoms with Crippen molar-refractivity contribution in [3.63, 3.8) is 0 Å². The van der Waals surface area contributed by atoms with Crippen LogP contribution in [0.2, 0.25) is 0 Å². The molecule has 1 aliphatic carbocycles. The summed E-state index contributed by atoms with van der Waals surface area (Å²) in [6.07, 6.45) is 9.18. The Labute approximate surface area is 67.7 Å². The number of nitrogens with two attached hydrogens (primary N) is 1. The lowest BCUT2D eigenvalue weighted by Crippen LogP contribution is -2.29. The summed E-state index contributed by atoms with van der Waals surface area (Å²) in [5.41, 5.74) is 5.22. The average molecular weight is 153 g/mol. The van der Waals surface area contributed by atoms with Crippen LogP contribution in [0.4, 0.5) is 0 Å². The molecule has 0 saturated carbocycles. The zero-order chi connectivity index (χ0) is 8.16.